The van der Waals surface area contributed by atoms with Crippen molar-refractivity contribution in [2.24, 2.45) is 12.8 Å². The first-order valence-corrected chi connectivity index (χ1v) is 4.62. The molecule has 1 unspecified atom stereocenters. The average molecular weight is 221 g/mol. The number of hydrogen-bond acceptors (Lipinski definition) is 5. The average Bonchev–Trinajstić information content (AvgIpc) is 2.88. The molecule has 2 heterocycles. The number of aromatic nitrogens is 3. The molecule has 0 spiro atoms. The highest BCUT2D eigenvalue weighted by Gasteiger charge is 2.18. The zero-order chi connectivity index (χ0) is 11.5. The van der Waals surface area contributed by atoms with Gasteiger partial charge in [-0.3, -0.25) is 9.48 Å². The van der Waals surface area contributed by atoms with E-state index in [0.717, 1.165) is 0 Å². The molecule has 1 atom stereocenters. The summed E-state index contributed by atoms with van der Waals surface area (Å²) in [5, 5.41) is 10.0. The number of carbonyl (C=O) groups is 1. The number of carbonyl (C=O) groups excluding carboxylic acids is 1. The van der Waals surface area contributed by atoms with Crippen LogP contribution in [0.3, 0.4) is 0 Å². The lowest BCUT2D eigenvalue weighted by atomic mass is 10.1. The summed E-state index contributed by atoms with van der Waals surface area (Å²) in [6.07, 6.45) is 4.60. The van der Waals surface area contributed by atoms with Gasteiger partial charge in [0.25, 0.3) is 0 Å². The summed E-state index contributed by atoms with van der Waals surface area (Å²) in [6.45, 7) is 0. The fourth-order valence-corrected chi connectivity index (χ4v) is 1.23. The van der Waals surface area contributed by atoms with Crippen LogP contribution in [0.4, 0.5) is 5.82 Å². The van der Waals surface area contributed by atoms with Crippen LogP contribution >= 0.6 is 0 Å². The van der Waals surface area contributed by atoms with Crippen LogP contribution in [0.5, 0.6) is 0 Å². The van der Waals surface area contributed by atoms with Crippen LogP contribution in [0.25, 0.3) is 0 Å². The minimum absolute atomic E-state index is 0.337. The molecule has 0 bridgehead atoms. The van der Waals surface area contributed by atoms with Crippen LogP contribution in [0.15, 0.2) is 29.2 Å². The Balaban J connectivity index is 2.05. The van der Waals surface area contributed by atoms with Gasteiger partial charge in [-0.25, -0.2) is 0 Å². The SMILES string of the molecule is Cn1cc(C(N)C(=O)Nc2ccon2)cn1. The van der Waals surface area contributed by atoms with Crippen LogP contribution in [0, 0.1) is 0 Å². The van der Waals surface area contributed by atoms with Crippen LogP contribution in [-0.4, -0.2) is 20.8 Å². The van der Waals surface area contributed by atoms with Crippen molar-refractivity contribution < 1.29 is 9.32 Å². The lowest BCUT2D eigenvalue weighted by Gasteiger charge is -2.07. The Labute approximate surface area is 91.2 Å². The maximum Gasteiger partial charge on any atom is 0.247 e. The summed E-state index contributed by atoms with van der Waals surface area (Å²) in [5.74, 6) is -0.0220. The smallest absolute Gasteiger partial charge is 0.247 e. The standard InChI is InChI=1S/C9H11N5O2/c1-14-5-6(4-11-14)8(10)9(15)12-7-2-3-16-13-7/h2-5,8H,10H2,1H3,(H,12,13,15). The molecule has 2 aromatic rings. The Hall–Kier alpha value is -2.15. The van der Waals surface area contributed by atoms with Crippen LogP contribution in [0.1, 0.15) is 11.6 Å². The van der Waals surface area contributed by atoms with E-state index in [9.17, 15) is 4.79 Å². The van der Waals surface area contributed by atoms with E-state index in [1.807, 2.05) is 0 Å². The molecule has 7 nitrogen and oxygen atoms in total. The second-order valence-electron chi connectivity index (χ2n) is 3.30. The number of aryl methyl sites for hydroxylation is 1. The van der Waals surface area contributed by atoms with Crippen molar-refractivity contribution in [1.82, 2.24) is 14.9 Å². The van der Waals surface area contributed by atoms with Crippen molar-refractivity contribution in [3.05, 3.63) is 30.3 Å². The fraction of sp³-hybridized carbons (Fsp3) is 0.222. The van der Waals surface area contributed by atoms with Gasteiger partial charge in [-0.05, 0) is 0 Å². The first-order chi connectivity index (χ1) is 7.66. The first kappa shape index (κ1) is 10.4. The number of nitrogens with two attached hydrogens (primary N) is 1. The first-order valence-electron chi connectivity index (χ1n) is 4.62. The van der Waals surface area contributed by atoms with E-state index in [-0.39, 0.29) is 5.91 Å². The second kappa shape index (κ2) is 4.15. The summed E-state index contributed by atoms with van der Waals surface area (Å²) in [7, 11) is 1.76. The number of nitrogens with zero attached hydrogens (tertiary/aromatic N) is 3. The molecule has 0 aliphatic rings. The highest BCUT2D eigenvalue weighted by atomic mass is 16.5. The van der Waals surface area contributed by atoms with E-state index in [1.54, 1.807) is 24.1 Å². The van der Waals surface area contributed by atoms with Gasteiger partial charge >= 0.3 is 0 Å². The maximum atomic E-state index is 11.7. The Morgan fingerprint density at radius 3 is 3.06 bits per heavy atom. The van der Waals surface area contributed by atoms with Gasteiger partial charge in [0.05, 0.1) is 6.20 Å². The van der Waals surface area contributed by atoms with Gasteiger partial charge in [0, 0.05) is 24.9 Å². The van der Waals surface area contributed by atoms with Gasteiger partial charge in [-0.1, -0.05) is 5.16 Å². The Morgan fingerprint density at radius 2 is 2.50 bits per heavy atom. The quantitative estimate of drug-likeness (QED) is 0.762. The van der Waals surface area contributed by atoms with Crippen molar-refractivity contribution in [3.8, 4) is 0 Å². The molecule has 1 amide bonds. The summed E-state index contributed by atoms with van der Waals surface area (Å²) in [5.41, 5.74) is 6.39. The molecule has 0 saturated carbocycles. The molecule has 0 fully saturated rings. The number of amides is 1. The minimum atomic E-state index is -0.773. The van der Waals surface area contributed by atoms with Gasteiger partial charge in [0.15, 0.2) is 5.82 Å². The number of hydrogen-bond donors (Lipinski definition) is 2. The molecular weight excluding hydrogens is 210 g/mol. The number of anilines is 1. The van der Waals surface area contributed by atoms with Gasteiger partial charge in [-0.15, -0.1) is 0 Å². The normalized spacial score (nSPS) is 12.4. The molecule has 3 N–H and O–H groups in total. The molecule has 0 saturated heterocycles. The van der Waals surface area contributed by atoms with Gasteiger partial charge < -0.3 is 15.6 Å². The van der Waals surface area contributed by atoms with E-state index in [0.29, 0.717) is 11.4 Å². The molecule has 84 valence electrons. The topological polar surface area (TPSA) is 99.0 Å². The fourth-order valence-electron chi connectivity index (χ4n) is 1.23. The highest BCUT2D eigenvalue weighted by Crippen LogP contribution is 2.11. The second-order valence-corrected chi connectivity index (χ2v) is 3.30. The zero-order valence-electron chi connectivity index (χ0n) is 8.62. The van der Waals surface area contributed by atoms with E-state index < -0.39 is 6.04 Å². The monoisotopic (exact) mass is 221 g/mol. The Kier molecular flexibility index (Phi) is 2.69. The molecular formula is C9H11N5O2. The van der Waals surface area contributed by atoms with Gasteiger partial charge in [0.1, 0.15) is 12.3 Å². The van der Waals surface area contributed by atoms with Crippen LogP contribution in [-0.2, 0) is 11.8 Å². The highest BCUT2D eigenvalue weighted by molar-refractivity contribution is 5.94. The number of rotatable bonds is 3. The van der Waals surface area contributed by atoms with E-state index >= 15 is 0 Å². The Bertz CT molecular complexity index is 476. The zero-order valence-corrected chi connectivity index (χ0v) is 8.62. The summed E-state index contributed by atoms with van der Waals surface area (Å²) >= 11 is 0. The largest absolute Gasteiger partial charge is 0.363 e. The van der Waals surface area contributed by atoms with Crippen molar-refractivity contribution in [2.45, 2.75) is 6.04 Å². The molecule has 7 heteroatoms. The third-order valence-corrected chi connectivity index (χ3v) is 2.06. The van der Waals surface area contributed by atoms with E-state index in [2.05, 4.69) is 20.1 Å². The predicted molar refractivity (Wildman–Crippen MR) is 55.3 cm³/mol. The lowest BCUT2D eigenvalue weighted by Crippen LogP contribution is -2.27. The predicted octanol–water partition coefficient (Wildman–Crippen LogP) is 0.0466. The van der Waals surface area contributed by atoms with Crippen molar-refractivity contribution >= 4 is 11.7 Å². The molecule has 2 aromatic heterocycles. The summed E-state index contributed by atoms with van der Waals surface area (Å²) in [6, 6.07) is 0.763. The Morgan fingerprint density at radius 1 is 1.69 bits per heavy atom. The molecule has 2 rings (SSSR count). The summed E-state index contributed by atoms with van der Waals surface area (Å²) < 4.78 is 6.16. The van der Waals surface area contributed by atoms with Crippen molar-refractivity contribution in [2.75, 3.05) is 5.32 Å². The molecule has 0 aliphatic heterocycles. The van der Waals surface area contributed by atoms with Crippen molar-refractivity contribution in [1.29, 1.82) is 0 Å². The van der Waals surface area contributed by atoms with Crippen LogP contribution < -0.4 is 11.1 Å². The number of nitrogens with one attached hydrogen (secondary N) is 1. The molecule has 16 heavy (non-hydrogen) atoms. The van der Waals surface area contributed by atoms with Crippen molar-refractivity contribution in [3.63, 3.8) is 0 Å². The summed E-state index contributed by atoms with van der Waals surface area (Å²) in [4.78, 5) is 11.7. The van der Waals surface area contributed by atoms with E-state index in [4.69, 9.17) is 5.73 Å². The molecule has 0 aliphatic carbocycles. The molecule has 0 radical (unpaired) electrons. The van der Waals surface area contributed by atoms with Gasteiger partial charge in [-0.2, -0.15) is 5.10 Å². The van der Waals surface area contributed by atoms with Crippen LogP contribution in [0.2, 0.25) is 0 Å². The van der Waals surface area contributed by atoms with Gasteiger partial charge in [0.2, 0.25) is 5.91 Å². The third kappa shape index (κ3) is 2.09. The molecule has 0 aromatic carbocycles. The maximum absolute atomic E-state index is 11.7. The van der Waals surface area contributed by atoms with E-state index in [1.165, 1.54) is 12.3 Å². The minimum Gasteiger partial charge on any atom is -0.363 e. The lowest BCUT2D eigenvalue weighted by molar-refractivity contribution is -0.117. The third-order valence-electron chi connectivity index (χ3n) is 2.06.